The number of nitrogens with two attached hydrogens (primary N) is 1. The van der Waals surface area contributed by atoms with E-state index in [2.05, 4.69) is 4.74 Å². The standard InChI is InChI=1S/C8H5ClF3NO3/c9-5-3(7(14)15)1-2-4(6(5)13)16-8(10,11)12/h1-2H,13H2,(H,14,15). The lowest BCUT2D eigenvalue weighted by Crippen LogP contribution is -2.18. The molecular weight excluding hydrogens is 251 g/mol. The monoisotopic (exact) mass is 255 g/mol. The van der Waals surface area contributed by atoms with Crippen LogP contribution in [0, 0.1) is 0 Å². The second-order valence-electron chi connectivity index (χ2n) is 2.69. The molecule has 0 saturated carbocycles. The largest absolute Gasteiger partial charge is 0.573 e. The number of aromatic carboxylic acids is 1. The fourth-order valence-corrected chi connectivity index (χ4v) is 1.19. The van der Waals surface area contributed by atoms with Crippen LogP contribution in [0.5, 0.6) is 5.75 Å². The fraction of sp³-hybridized carbons (Fsp3) is 0.125. The summed E-state index contributed by atoms with van der Waals surface area (Å²) >= 11 is 5.47. The third-order valence-corrected chi connectivity index (χ3v) is 2.00. The van der Waals surface area contributed by atoms with E-state index in [1.54, 1.807) is 0 Å². The van der Waals surface area contributed by atoms with E-state index in [-0.39, 0.29) is 0 Å². The Hall–Kier alpha value is -1.63. The van der Waals surface area contributed by atoms with E-state index < -0.39 is 34.4 Å². The third kappa shape index (κ3) is 2.69. The van der Waals surface area contributed by atoms with E-state index in [4.69, 9.17) is 22.4 Å². The highest BCUT2D eigenvalue weighted by atomic mass is 35.5. The van der Waals surface area contributed by atoms with E-state index in [1.165, 1.54) is 0 Å². The molecule has 0 radical (unpaired) electrons. The van der Waals surface area contributed by atoms with E-state index >= 15 is 0 Å². The van der Waals surface area contributed by atoms with Crippen molar-refractivity contribution in [1.29, 1.82) is 0 Å². The summed E-state index contributed by atoms with van der Waals surface area (Å²) < 4.78 is 39.2. The van der Waals surface area contributed by atoms with Crippen molar-refractivity contribution in [1.82, 2.24) is 0 Å². The zero-order valence-electron chi connectivity index (χ0n) is 7.51. The van der Waals surface area contributed by atoms with Crippen LogP contribution in [0.15, 0.2) is 12.1 Å². The summed E-state index contributed by atoms with van der Waals surface area (Å²) in [7, 11) is 0. The van der Waals surface area contributed by atoms with Crippen molar-refractivity contribution >= 4 is 23.3 Å². The number of alkyl halides is 3. The molecular formula is C8H5ClF3NO3. The van der Waals surface area contributed by atoms with E-state index in [0.717, 1.165) is 12.1 Å². The van der Waals surface area contributed by atoms with Crippen LogP contribution < -0.4 is 10.5 Å². The predicted molar refractivity (Wildman–Crippen MR) is 49.5 cm³/mol. The Morgan fingerprint density at radius 1 is 1.44 bits per heavy atom. The number of hydrogen-bond donors (Lipinski definition) is 2. The lowest BCUT2D eigenvalue weighted by Gasteiger charge is -2.12. The molecule has 1 aromatic rings. The van der Waals surface area contributed by atoms with Gasteiger partial charge in [0.15, 0.2) is 5.75 Å². The van der Waals surface area contributed by atoms with Crippen LogP contribution in [-0.2, 0) is 0 Å². The van der Waals surface area contributed by atoms with E-state index in [9.17, 15) is 18.0 Å². The minimum absolute atomic E-state index is 0.395. The third-order valence-electron chi connectivity index (χ3n) is 1.60. The van der Waals surface area contributed by atoms with Crippen molar-refractivity contribution < 1.29 is 27.8 Å². The van der Waals surface area contributed by atoms with Gasteiger partial charge >= 0.3 is 12.3 Å². The maximum absolute atomic E-state index is 11.9. The molecule has 3 N–H and O–H groups in total. The number of carboxylic acid groups (broad SMARTS) is 1. The molecule has 4 nitrogen and oxygen atoms in total. The first-order valence-corrected chi connectivity index (χ1v) is 4.17. The molecule has 0 aliphatic rings. The van der Waals surface area contributed by atoms with Gasteiger partial charge in [-0.2, -0.15) is 0 Å². The summed E-state index contributed by atoms with van der Waals surface area (Å²) in [5, 5.41) is 8.12. The normalized spacial score (nSPS) is 11.2. The number of benzene rings is 1. The first-order valence-electron chi connectivity index (χ1n) is 3.79. The van der Waals surface area contributed by atoms with Gasteiger partial charge in [0, 0.05) is 0 Å². The number of hydrogen-bond acceptors (Lipinski definition) is 3. The zero-order chi connectivity index (χ0) is 12.5. The highest BCUT2D eigenvalue weighted by Gasteiger charge is 2.32. The van der Waals surface area contributed by atoms with Gasteiger partial charge in [0.1, 0.15) is 0 Å². The number of carbonyl (C=O) groups is 1. The van der Waals surface area contributed by atoms with E-state index in [0.29, 0.717) is 0 Å². The quantitative estimate of drug-likeness (QED) is 0.797. The Bertz CT molecular complexity index is 433. The van der Waals surface area contributed by atoms with Crippen LogP contribution >= 0.6 is 11.6 Å². The molecule has 0 spiro atoms. The van der Waals surface area contributed by atoms with Gasteiger partial charge in [0.05, 0.1) is 16.3 Å². The van der Waals surface area contributed by atoms with Gasteiger partial charge in [0.25, 0.3) is 0 Å². The van der Waals surface area contributed by atoms with Crippen molar-refractivity contribution in [2.75, 3.05) is 5.73 Å². The highest BCUT2D eigenvalue weighted by Crippen LogP contribution is 2.35. The molecule has 1 aromatic carbocycles. The maximum atomic E-state index is 11.9. The molecule has 8 heteroatoms. The molecule has 0 aliphatic carbocycles. The number of ether oxygens (including phenoxy) is 1. The molecule has 0 unspecified atom stereocenters. The van der Waals surface area contributed by atoms with Gasteiger partial charge in [-0.05, 0) is 12.1 Å². The Morgan fingerprint density at radius 2 is 2.00 bits per heavy atom. The molecule has 16 heavy (non-hydrogen) atoms. The number of carboxylic acids is 1. The number of rotatable bonds is 2. The average Bonchev–Trinajstić information content (AvgIpc) is 2.10. The first kappa shape index (κ1) is 12.4. The second-order valence-corrected chi connectivity index (χ2v) is 3.07. The Morgan fingerprint density at radius 3 is 2.44 bits per heavy atom. The summed E-state index contributed by atoms with van der Waals surface area (Å²) in [6, 6.07) is 1.67. The van der Waals surface area contributed by atoms with Gasteiger partial charge < -0.3 is 15.6 Å². The molecule has 0 heterocycles. The topological polar surface area (TPSA) is 72.5 Å². The SMILES string of the molecule is Nc1c(OC(F)(F)F)ccc(C(=O)O)c1Cl. The number of nitrogen functional groups attached to an aromatic ring is 1. The van der Waals surface area contributed by atoms with Crippen LogP contribution in [0.4, 0.5) is 18.9 Å². The lowest BCUT2D eigenvalue weighted by atomic mass is 10.2. The molecule has 0 fully saturated rings. The summed E-state index contributed by atoms with van der Waals surface area (Å²) in [4.78, 5) is 10.6. The van der Waals surface area contributed by atoms with Crippen molar-refractivity contribution in [3.63, 3.8) is 0 Å². The van der Waals surface area contributed by atoms with Crippen molar-refractivity contribution in [2.24, 2.45) is 0 Å². The summed E-state index contributed by atoms with van der Waals surface area (Å²) in [5.74, 6) is -2.13. The van der Waals surface area contributed by atoms with Gasteiger partial charge in [-0.3, -0.25) is 0 Å². The molecule has 0 bridgehead atoms. The predicted octanol–water partition coefficient (Wildman–Crippen LogP) is 2.52. The zero-order valence-corrected chi connectivity index (χ0v) is 8.26. The van der Waals surface area contributed by atoms with Crippen LogP contribution in [0.1, 0.15) is 10.4 Å². The van der Waals surface area contributed by atoms with Crippen LogP contribution in [0.25, 0.3) is 0 Å². The van der Waals surface area contributed by atoms with E-state index in [1.807, 2.05) is 0 Å². The van der Waals surface area contributed by atoms with Gasteiger partial charge in [-0.15, -0.1) is 13.2 Å². The minimum Gasteiger partial charge on any atom is -0.478 e. The summed E-state index contributed by atoms with van der Waals surface area (Å²) in [5.41, 5.74) is 4.24. The van der Waals surface area contributed by atoms with Crippen molar-refractivity contribution in [2.45, 2.75) is 6.36 Å². The summed E-state index contributed by atoms with van der Waals surface area (Å²) in [6.45, 7) is 0. The maximum Gasteiger partial charge on any atom is 0.573 e. The van der Waals surface area contributed by atoms with Crippen LogP contribution in [0.3, 0.4) is 0 Å². The second kappa shape index (κ2) is 4.09. The van der Waals surface area contributed by atoms with Crippen molar-refractivity contribution in [3.05, 3.63) is 22.7 Å². The molecule has 0 aromatic heterocycles. The number of anilines is 1. The Kier molecular flexibility index (Phi) is 3.18. The molecule has 1 rings (SSSR count). The molecule has 0 amide bonds. The smallest absolute Gasteiger partial charge is 0.478 e. The first-order chi connectivity index (χ1) is 7.22. The summed E-state index contributed by atoms with van der Waals surface area (Å²) in [6.07, 6.45) is -4.91. The van der Waals surface area contributed by atoms with Crippen LogP contribution in [0.2, 0.25) is 5.02 Å². The average molecular weight is 256 g/mol. The van der Waals surface area contributed by atoms with Gasteiger partial charge in [-0.25, -0.2) is 4.79 Å². The Balaban J connectivity index is 3.17. The van der Waals surface area contributed by atoms with Crippen LogP contribution in [-0.4, -0.2) is 17.4 Å². The number of halogens is 4. The van der Waals surface area contributed by atoms with Crippen molar-refractivity contribution in [3.8, 4) is 5.75 Å². The molecule has 0 aliphatic heterocycles. The highest BCUT2D eigenvalue weighted by molar-refractivity contribution is 6.36. The van der Waals surface area contributed by atoms with Gasteiger partial charge in [-0.1, -0.05) is 11.6 Å². The fourth-order valence-electron chi connectivity index (χ4n) is 0.954. The minimum atomic E-state index is -4.91. The Labute approximate surface area is 92.4 Å². The lowest BCUT2D eigenvalue weighted by molar-refractivity contribution is -0.274. The molecule has 0 saturated heterocycles. The molecule has 0 atom stereocenters. The molecule has 88 valence electrons. The van der Waals surface area contributed by atoms with Gasteiger partial charge in [0.2, 0.25) is 0 Å².